The highest BCUT2D eigenvalue weighted by molar-refractivity contribution is 5.74. The van der Waals surface area contributed by atoms with Crippen molar-refractivity contribution in [3.8, 4) is 0 Å². The van der Waals surface area contributed by atoms with Crippen molar-refractivity contribution in [2.75, 3.05) is 0 Å². The Balaban J connectivity index is 1.36. The molecule has 14 atom stereocenters. The molecular weight excluding hydrogens is 508 g/mol. The fourth-order valence-electron chi connectivity index (χ4n) is 10.4. The van der Waals surface area contributed by atoms with Crippen LogP contribution in [0.5, 0.6) is 0 Å². The molecule has 39 heavy (non-hydrogen) atoms. The lowest BCUT2D eigenvalue weighted by molar-refractivity contribution is -0.255. The van der Waals surface area contributed by atoms with E-state index < -0.39 is 76.1 Å². The smallest absolute Gasteiger partial charge is 0.309 e. The van der Waals surface area contributed by atoms with Gasteiger partial charge in [-0.2, -0.15) is 0 Å². The molecule has 1 spiro atoms. The van der Waals surface area contributed by atoms with Gasteiger partial charge in [-0.25, -0.2) is 0 Å². The Hall–Kier alpha value is -1.30. The van der Waals surface area contributed by atoms with E-state index in [2.05, 4.69) is 0 Å². The molecule has 0 radical (unpaired) electrons. The van der Waals surface area contributed by atoms with E-state index in [1.54, 1.807) is 13.8 Å². The molecule has 6 fully saturated rings. The summed E-state index contributed by atoms with van der Waals surface area (Å²) >= 11 is 0. The molecule has 0 aromatic carbocycles. The first-order chi connectivity index (χ1) is 18.0. The van der Waals surface area contributed by atoms with Crippen LogP contribution in [-0.4, -0.2) is 90.4 Å². The zero-order chi connectivity index (χ0) is 28.5. The fourth-order valence-corrected chi connectivity index (χ4v) is 10.4. The van der Waals surface area contributed by atoms with Crippen molar-refractivity contribution in [3.63, 3.8) is 0 Å². The van der Waals surface area contributed by atoms with Crippen LogP contribution in [0.2, 0.25) is 0 Å². The lowest BCUT2D eigenvalue weighted by Crippen LogP contribution is -2.68. The molecule has 5 N–H and O–H groups in total. The third-order valence-corrected chi connectivity index (χ3v) is 12.2. The van der Waals surface area contributed by atoms with Crippen LogP contribution >= 0.6 is 0 Å². The average Bonchev–Trinajstić information content (AvgIpc) is 3.40. The molecule has 0 aromatic rings. The Morgan fingerprint density at radius 3 is 2.33 bits per heavy atom. The number of esters is 2. The van der Waals surface area contributed by atoms with Crippen molar-refractivity contribution in [3.05, 3.63) is 0 Å². The highest BCUT2D eigenvalue weighted by Crippen LogP contribution is 2.69. The summed E-state index contributed by atoms with van der Waals surface area (Å²) in [5.41, 5.74) is -6.00. The Labute approximate surface area is 229 Å². The first-order valence-electron chi connectivity index (χ1n) is 14.6. The van der Waals surface area contributed by atoms with Gasteiger partial charge in [-0.3, -0.25) is 9.59 Å². The van der Waals surface area contributed by atoms with Crippen LogP contribution in [0.3, 0.4) is 0 Å². The number of carbonyl (C=O) groups excluding carboxylic acids is 2. The van der Waals surface area contributed by atoms with Crippen LogP contribution in [0.1, 0.15) is 79.6 Å². The number of hydrogen-bond acceptors (Lipinski definition) is 10. The third-order valence-electron chi connectivity index (χ3n) is 12.2. The molecule has 10 heteroatoms. The Morgan fingerprint density at radius 1 is 1.03 bits per heavy atom. The van der Waals surface area contributed by atoms with Crippen molar-refractivity contribution < 1.29 is 49.3 Å². The highest BCUT2D eigenvalue weighted by atomic mass is 16.6. The van der Waals surface area contributed by atoms with Gasteiger partial charge in [-0.1, -0.05) is 20.8 Å². The van der Waals surface area contributed by atoms with Gasteiger partial charge in [0, 0.05) is 29.6 Å². The molecular formula is C29H44O10. The van der Waals surface area contributed by atoms with Gasteiger partial charge in [0.2, 0.25) is 0 Å². The van der Waals surface area contributed by atoms with E-state index in [1.165, 1.54) is 0 Å². The van der Waals surface area contributed by atoms with Crippen molar-refractivity contribution in [1.29, 1.82) is 0 Å². The standard InChI is InChI=1S/C29H44O10/c1-13-10-15(37-24(13)34)21(31)14(2)20-22(32)23(33)29(36)17-7-6-16-25(3,4)38-18-11-19(30)39-28(16,18)12-27(17,35)9-8-26(20,29)5/h13-18,20-23,31-33,35-36H,6-12H2,1-5H3/t13-,14+,15-,16-,17+,18+,20-,21+,22+,23-,26+,27-,28+,29+/m0/s1. The Bertz CT molecular complexity index is 1060. The van der Waals surface area contributed by atoms with E-state index in [9.17, 15) is 35.1 Å². The molecule has 0 unspecified atom stereocenters. The van der Waals surface area contributed by atoms with Crippen LogP contribution in [0, 0.1) is 35.0 Å². The maximum atomic E-state index is 12.6. The summed E-state index contributed by atoms with van der Waals surface area (Å²) in [6.07, 6.45) is -3.27. The number of hydrogen-bond donors (Lipinski definition) is 5. The van der Waals surface area contributed by atoms with Gasteiger partial charge < -0.3 is 39.7 Å². The van der Waals surface area contributed by atoms with E-state index in [-0.39, 0.29) is 49.5 Å². The van der Waals surface area contributed by atoms with E-state index in [0.717, 1.165) is 0 Å². The maximum absolute atomic E-state index is 12.6. The summed E-state index contributed by atoms with van der Waals surface area (Å²) in [5.74, 6) is -3.40. The summed E-state index contributed by atoms with van der Waals surface area (Å²) < 4.78 is 17.7. The van der Waals surface area contributed by atoms with Gasteiger partial charge in [0.1, 0.15) is 29.5 Å². The zero-order valence-electron chi connectivity index (χ0n) is 23.5. The molecule has 0 amide bonds. The van der Waals surface area contributed by atoms with Crippen molar-refractivity contribution in [2.45, 2.75) is 132 Å². The number of cyclic esters (lactones) is 1. The number of aliphatic hydroxyl groups excluding tert-OH is 3. The molecule has 3 aliphatic heterocycles. The zero-order valence-corrected chi connectivity index (χ0v) is 23.5. The van der Waals surface area contributed by atoms with Gasteiger partial charge in [0.25, 0.3) is 0 Å². The third kappa shape index (κ3) is 3.42. The van der Waals surface area contributed by atoms with Crippen LogP contribution in [0.4, 0.5) is 0 Å². The molecule has 3 aliphatic carbocycles. The van der Waals surface area contributed by atoms with Crippen LogP contribution in [0.25, 0.3) is 0 Å². The first kappa shape index (κ1) is 27.8. The van der Waals surface area contributed by atoms with E-state index in [0.29, 0.717) is 19.3 Å². The summed E-state index contributed by atoms with van der Waals surface area (Å²) in [6.45, 7) is 9.27. The highest BCUT2D eigenvalue weighted by Gasteiger charge is 2.78. The summed E-state index contributed by atoms with van der Waals surface area (Å²) in [7, 11) is 0. The van der Waals surface area contributed by atoms with Gasteiger partial charge in [0.05, 0.1) is 35.7 Å². The molecule has 220 valence electrons. The molecule has 3 heterocycles. The van der Waals surface area contributed by atoms with Crippen LogP contribution < -0.4 is 0 Å². The molecule has 0 aromatic heterocycles. The van der Waals surface area contributed by atoms with Crippen molar-refractivity contribution in [1.82, 2.24) is 0 Å². The number of rotatable bonds is 3. The largest absolute Gasteiger partial charge is 0.459 e. The molecule has 10 nitrogen and oxygen atoms in total. The van der Waals surface area contributed by atoms with Gasteiger partial charge in [0.15, 0.2) is 0 Å². The first-order valence-corrected chi connectivity index (χ1v) is 14.6. The molecule has 0 bridgehead atoms. The van der Waals surface area contributed by atoms with E-state index >= 15 is 0 Å². The Kier molecular flexibility index (Phi) is 5.99. The van der Waals surface area contributed by atoms with Gasteiger partial charge in [-0.15, -0.1) is 0 Å². The second kappa shape index (κ2) is 8.38. The maximum Gasteiger partial charge on any atom is 0.309 e. The molecule has 3 saturated heterocycles. The number of carbonyl (C=O) groups is 2. The minimum Gasteiger partial charge on any atom is -0.459 e. The minimum atomic E-state index is -1.86. The molecule has 6 rings (SSSR count). The second-order valence-electron chi connectivity index (χ2n) is 14.5. The quantitative estimate of drug-likeness (QED) is 0.317. The van der Waals surface area contributed by atoms with Gasteiger partial charge in [-0.05, 0) is 51.9 Å². The lowest BCUT2D eigenvalue weighted by atomic mass is 9.50. The normalized spacial score (nSPS) is 55.5. The summed E-state index contributed by atoms with van der Waals surface area (Å²) in [4.78, 5) is 24.5. The average molecular weight is 553 g/mol. The topological polar surface area (TPSA) is 163 Å². The monoisotopic (exact) mass is 552 g/mol. The van der Waals surface area contributed by atoms with Gasteiger partial charge >= 0.3 is 11.9 Å². The second-order valence-corrected chi connectivity index (χ2v) is 14.5. The van der Waals surface area contributed by atoms with E-state index in [1.807, 2.05) is 20.8 Å². The number of fused-ring (bicyclic) bond motifs is 3. The van der Waals surface area contributed by atoms with Crippen molar-refractivity contribution >= 4 is 11.9 Å². The minimum absolute atomic E-state index is 0.0924. The van der Waals surface area contributed by atoms with Crippen molar-refractivity contribution in [2.24, 2.45) is 35.0 Å². The van der Waals surface area contributed by atoms with Crippen LogP contribution in [-0.2, 0) is 23.8 Å². The predicted octanol–water partition coefficient (Wildman–Crippen LogP) is 0.828. The Morgan fingerprint density at radius 2 is 1.69 bits per heavy atom. The number of aliphatic hydroxyl groups is 5. The fraction of sp³-hybridized carbons (Fsp3) is 0.931. The SMILES string of the molecule is C[C@@H]([C@@H](O)[C@@H]1C[C@H](C)C(=O)O1)[C@H]1[C@@H](O)[C@H](O)[C@]2(O)[C@@H]3CC[C@H]4C(C)(C)O[C@@H]5CC(=O)O[C@@]54C[C@@]3(O)CC[C@]12C. The van der Waals surface area contributed by atoms with E-state index in [4.69, 9.17) is 14.2 Å². The summed E-state index contributed by atoms with van der Waals surface area (Å²) in [5, 5.41) is 59.1. The lowest BCUT2D eigenvalue weighted by Gasteiger charge is -2.59. The molecule has 3 saturated carbocycles. The predicted molar refractivity (Wildman–Crippen MR) is 135 cm³/mol. The summed E-state index contributed by atoms with van der Waals surface area (Å²) in [6, 6.07) is 0. The number of ether oxygens (including phenoxy) is 3. The van der Waals surface area contributed by atoms with Crippen LogP contribution in [0.15, 0.2) is 0 Å². The molecule has 6 aliphatic rings.